The second-order valence-corrected chi connectivity index (χ2v) is 6.79. The van der Waals surface area contributed by atoms with E-state index in [9.17, 15) is 4.39 Å². The van der Waals surface area contributed by atoms with E-state index in [0.29, 0.717) is 17.8 Å². The first kappa shape index (κ1) is 14.5. The Kier molecular flexibility index (Phi) is 4.00. The Morgan fingerprint density at radius 3 is 2.81 bits per heavy atom. The highest BCUT2D eigenvalue weighted by molar-refractivity contribution is 7.12. The lowest BCUT2D eigenvalue weighted by Gasteiger charge is -2.16. The van der Waals surface area contributed by atoms with Crippen LogP contribution in [-0.2, 0) is 6.42 Å². The zero-order chi connectivity index (χ0) is 15.0. The first-order chi connectivity index (χ1) is 10.1. The maximum atomic E-state index is 13.4. The molecule has 1 aromatic carbocycles. The van der Waals surface area contributed by atoms with Gasteiger partial charge in [0.15, 0.2) is 0 Å². The second kappa shape index (κ2) is 5.78. The summed E-state index contributed by atoms with van der Waals surface area (Å²) in [5.74, 6) is 1.15. The summed E-state index contributed by atoms with van der Waals surface area (Å²) in [5, 5.41) is 0. The van der Waals surface area contributed by atoms with Crippen LogP contribution >= 0.6 is 22.9 Å². The Morgan fingerprint density at radius 1 is 1.33 bits per heavy atom. The molecule has 0 radical (unpaired) electrons. The molecule has 21 heavy (non-hydrogen) atoms. The SMILES string of the molecule is Cc1ccc(C(C)n2c(CCCl)nc3cc(F)ccc32)s1. The van der Waals surface area contributed by atoms with E-state index in [1.54, 1.807) is 17.4 Å². The van der Waals surface area contributed by atoms with E-state index in [4.69, 9.17) is 11.6 Å². The molecule has 3 rings (SSSR count). The fraction of sp³-hybridized carbons (Fsp3) is 0.312. The molecule has 1 atom stereocenters. The van der Waals surface area contributed by atoms with Gasteiger partial charge in [0, 0.05) is 28.1 Å². The normalized spacial score (nSPS) is 13.0. The predicted molar refractivity (Wildman–Crippen MR) is 87.0 cm³/mol. The van der Waals surface area contributed by atoms with Gasteiger partial charge in [0.05, 0.1) is 17.1 Å². The van der Waals surface area contributed by atoms with E-state index in [1.807, 2.05) is 0 Å². The molecule has 0 saturated heterocycles. The molecule has 0 bridgehead atoms. The molecule has 0 saturated carbocycles. The number of alkyl halides is 1. The summed E-state index contributed by atoms with van der Waals surface area (Å²) in [6, 6.07) is 9.19. The summed E-state index contributed by atoms with van der Waals surface area (Å²) in [4.78, 5) is 7.11. The first-order valence-corrected chi connectivity index (χ1v) is 8.24. The molecule has 110 valence electrons. The van der Waals surface area contributed by atoms with Crippen LogP contribution in [0.5, 0.6) is 0 Å². The van der Waals surface area contributed by atoms with Gasteiger partial charge in [-0.15, -0.1) is 22.9 Å². The minimum absolute atomic E-state index is 0.164. The number of hydrogen-bond donors (Lipinski definition) is 0. The quantitative estimate of drug-likeness (QED) is 0.622. The van der Waals surface area contributed by atoms with Gasteiger partial charge in [-0.1, -0.05) is 0 Å². The number of benzene rings is 1. The second-order valence-electron chi connectivity index (χ2n) is 5.09. The third-order valence-corrected chi connectivity index (χ3v) is 4.96. The van der Waals surface area contributed by atoms with Crippen molar-refractivity contribution in [3.05, 3.63) is 51.7 Å². The van der Waals surface area contributed by atoms with Crippen LogP contribution in [0.4, 0.5) is 4.39 Å². The van der Waals surface area contributed by atoms with Crippen LogP contribution in [0, 0.1) is 12.7 Å². The van der Waals surface area contributed by atoms with Crippen molar-refractivity contribution in [2.75, 3.05) is 5.88 Å². The molecule has 1 unspecified atom stereocenters. The van der Waals surface area contributed by atoms with Crippen molar-refractivity contribution >= 4 is 34.0 Å². The van der Waals surface area contributed by atoms with Crippen LogP contribution in [0.25, 0.3) is 11.0 Å². The van der Waals surface area contributed by atoms with Crippen LogP contribution < -0.4 is 0 Å². The summed E-state index contributed by atoms with van der Waals surface area (Å²) in [5.41, 5.74) is 1.64. The maximum Gasteiger partial charge on any atom is 0.125 e. The van der Waals surface area contributed by atoms with E-state index in [-0.39, 0.29) is 11.9 Å². The summed E-state index contributed by atoms with van der Waals surface area (Å²) in [7, 11) is 0. The smallest absolute Gasteiger partial charge is 0.125 e. The molecule has 2 heterocycles. The minimum Gasteiger partial charge on any atom is -0.320 e. The monoisotopic (exact) mass is 322 g/mol. The number of imidazole rings is 1. The van der Waals surface area contributed by atoms with Crippen molar-refractivity contribution in [2.45, 2.75) is 26.3 Å². The fourth-order valence-electron chi connectivity index (χ4n) is 2.62. The molecule has 0 N–H and O–H groups in total. The van der Waals surface area contributed by atoms with Gasteiger partial charge in [0.2, 0.25) is 0 Å². The Balaban J connectivity index is 2.16. The maximum absolute atomic E-state index is 13.4. The molecule has 2 aromatic heterocycles. The number of thiophene rings is 1. The van der Waals surface area contributed by atoms with E-state index in [0.717, 1.165) is 11.3 Å². The van der Waals surface area contributed by atoms with Crippen LogP contribution in [0.1, 0.15) is 28.5 Å². The molecule has 3 aromatic rings. The Hall–Kier alpha value is -1.39. The van der Waals surface area contributed by atoms with Gasteiger partial charge in [-0.3, -0.25) is 0 Å². The zero-order valence-corrected chi connectivity index (χ0v) is 13.5. The molecule has 0 aliphatic rings. The highest BCUT2D eigenvalue weighted by Gasteiger charge is 2.18. The van der Waals surface area contributed by atoms with Crippen molar-refractivity contribution in [3.8, 4) is 0 Å². The number of fused-ring (bicyclic) bond motifs is 1. The molecule has 0 fully saturated rings. The van der Waals surface area contributed by atoms with E-state index in [1.165, 1.54) is 21.9 Å². The van der Waals surface area contributed by atoms with Crippen molar-refractivity contribution in [3.63, 3.8) is 0 Å². The van der Waals surface area contributed by atoms with Gasteiger partial charge in [-0.05, 0) is 38.1 Å². The molecule has 0 spiro atoms. The van der Waals surface area contributed by atoms with E-state index >= 15 is 0 Å². The van der Waals surface area contributed by atoms with Gasteiger partial charge in [-0.25, -0.2) is 9.37 Å². The van der Waals surface area contributed by atoms with Gasteiger partial charge in [0.1, 0.15) is 11.6 Å². The minimum atomic E-state index is -0.260. The van der Waals surface area contributed by atoms with Gasteiger partial charge in [-0.2, -0.15) is 0 Å². The van der Waals surface area contributed by atoms with Crippen LogP contribution in [0.3, 0.4) is 0 Å². The van der Waals surface area contributed by atoms with Crippen molar-refractivity contribution in [1.29, 1.82) is 0 Å². The Morgan fingerprint density at radius 2 is 2.14 bits per heavy atom. The summed E-state index contributed by atoms with van der Waals surface area (Å²) < 4.78 is 15.6. The Bertz CT molecular complexity index is 778. The van der Waals surface area contributed by atoms with Gasteiger partial charge in [0.25, 0.3) is 0 Å². The predicted octanol–water partition coefficient (Wildman–Crippen LogP) is 4.94. The topological polar surface area (TPSA) is 17.8 Å². The number of rotatable bonds is 4. The summed E-state index contributed by atoms with van der Waals surface area (Å²) >= 11 is 7.67. The number of aryl methyl sites for hydroxylation is 2. The van der Waals surface area contributed by atoms with Crippen LogP contribution in [0.2, 0.25) is 0 Å². The number of nitrogens with zero attached hydrogens (tertiary/aromatic N) is 2. The molecule has 0 amide bonds. The molecular formula is C16H16ClFN2S. The first-order valence-electron chi connectivity index (χ1n) is 6.89. The third-order valence-electron chi connectivity index (χ3n) is 3.60. The van der Waals surface area contributed by atoms with Crippen LogP contribution in [0.15, 0.2) is 30.3 Å². The molecule has 0 aliphatic carbocycles. The number of halogens is 2. The third kappa shape index (κ3) is 2.70. The number of hydrogen-bond acceptors (Lipinski definition) is 2. The van der Waals surface area contributed by atoms with E-state index in [2.05, 4.69) is 35.5 Å². The molecular weight excluding hydrogens is 307 g/mol. The lowest BCUT2D eigenvalue weighted by atomic mass is 10.2. The standard InChI is InChI=1S/C16H16ClFN2S/c1-10-3-6-15(21-10)11(2)20-14-5-4-12(18)9-13(14)19-16(20)7-8-17/h3-6,9,11H,7-8H2,1-2H3. The van der Waals surface area contributed by atoms with E-state index < -0.39 is 0 Å². The lowest BCUT2D eigenvalue weighted by molar-refractivity contribution is 0.626. The molecule has 2 nitrogen and oxygen atoms in total. The van der Waals surface area contributed by atoms with Crippen LogP contribution in [-0.4, -0.2) is 15.4 Å². The zero-order valence-electron chi connectivity index (χ0n) is 11.9. The van der Waals surface area contributed by atoms with Crippen molar-refractivity contribution in [2.24, 2.45) is 0 Å². The number of aromatic nitrogens is 2. The lowest BCUT2D eigenvalue weighted by Crippen LogP contribution is -2.10. The summed E-state index contributed by atoms with van der Waals surface area (Å²) in [6.45, 7) is 4.25. The fourth-order valence-corrected chi connectivity index (χ4v) is 3.71. The van der Waals surface area contributed by atoms with Gasteiger partial charge < -0.3 is 4.57 Å². The molecule has 5 heteroatoms. The highest BCUT2D eigenvalue weighted by Crippen LogP contribution is 2.30. The highest BCUT2D eigenvalue weighted by atomic mass is 35.5. The Labute approximate surface area is 132 Å². The van der Waals surface area contributed by atoms with Crippen molar-refractivity contribution in [1.82, 2.24) is 9.55 Å². The average Bonchev–Trinajstić information content (AvgIpc) is 3.01. The summed E-state index contributed by atoms with van der Waals surface area (Å²) in [6.07, 6.45) is 0.673. The largest absolute Gasteiger partial charge is 0.320 e. The van der Waals surface area contributed by atoms with Crippen molar-refractivity contribution < 1.29 is 4.39 Å². The average molecular weight is 323 g/mol. The van der Waals surface area contributed by atoms with Gasteiger partial charge >= 0.3 is 0 Å². The molecule has 0 aliphatic heterocycles.